The molecule has 1 N–H and O–H groups in total. The highest BCUT2D eigenvalue weighted by Gasteiger charge is 2.23. The maximum absolute atomic E-state index is 10.5. The molecule has 0 atom stereocenters. The summed E-state index contributed by atoms with van der Waals surface area (Å²) in [4.78, 5) is 20.8. The standard InChI is InChI=1S/C5H8N2O2/c1-4(8)6-7-3-2-5(7)9/h2-3H2,1H3,(H,6,8). The number of β-lactam (4-membered cyclic amide) rings is 1. The van der Waals surface area contributed by atoms with Crippen LogP contribution < -0.4 is 5.43 Å². The van der Waals surface area contributed by atoms with Gasteiger partial charge in [0.25, 0.3) is 0 Å². The van der Waals surface area contributed by atoms with E-state index in [1.165, 1.54) is 11.9 Å². The number of rotatable bonds is 1. The zero-order chi connectivity index (χ0) is 6.85. The van der Waals surface area contributed by atoms with Crippen molar-refractivity contribution >= 4 is 11.8 Å². The molecule has 2 amide bonds. The van der Waals surface area contributed by atoms with E-state index in [9.17, 15) is 9.59 Å². The Balaban J connectivity index is 2.29. The average molecular weight is 128 g/mol. The first-order valence-corrected chi connectivity index (χ1v) is 2.78. The zero-order valence-corrected chi connectivity index (χ0v) is 5.18. The van der Waals surface area contributed by atoms with Crippen LogP contribution in [0.15, 0.2) is 0 Å². The Kier molecular flexibility index (Phi) is 1.38. The van der Waals surface area contributed by atoms with Gasteiger partial charge >= 0.3 is 0 Å². The molecule has 4 nitrogen and oxygen atoms in total. The van der Waals surface area contributed by atoms with Gasteiger partial charge in [0.2, 0.25) is 11.8 Å². The van der Waals surface area contributed by atoms with E-state index in [0.717, 1.165) is 0 Å². The highest BCUT2D eigenvalue weighted by atomic mass is 16.2. The summed E-state index contributed by atoms with van der Waals surface area (Å²) in [6.45, 7) is 2.03. The van der Waals surface area contributed by atoms with Crippen molar-refractivity contribution in [1.29, 1.82) is 0 Å². The van der Waals surface area contributed by atoms with E-state index in [-0.39, 0.29) is 11.8 Å². The highest BCUT2D eigenvalue weighted by Crippen LogP contribution is 2.02. The fourth-order valence-electron chi connectivity index (χ4n) is 0.623. The molecule has 0 radical (unpaired) electrons. The number of amides is 2. The third-order valence-electron chi connectivity index (χ3n) is 1.14. The molecule has 0 bridgehead atoms. The van der Waals surface area contributed by atoms with Gasteiger partial charge in [-0.25, -0.2) is 0 Å². The third kappa shape index (κ3) is 1.19. The summed E-state index contributed by atoms with van der Waals surface area (Å²) in [5.41, 5.74) is 2.37. The van der Waals surface area contributed by atoms with Crippen LogP contribution >= 0.6 is 0 Å². The minimum atomic E-state index is -0.192. The summed E-state index contributed by atoms with van der Waals surface area (Å²) in [6, 6.07) is 0. The van der Waals surface area contributed by atoms with Crippen molar-refractivity contribution in [2.45, 2.75) is 13.3 Å². The molecule has 0 aliphatic carbocycles. The van der Waals surface area contributed by atoms with Crippen LogP contribution in [0.25, 0.3) is 0 Å². The van der Waals surface area contributed by atoms with Gasteiger partial charge in [-0.3, -0.25) is 20.0 Å². The minimum absolute atomic E-state index is 0.00907. The Bertz CT molecular complexity index is 155. The van der Waals surface area contributed by atoms with Crippen molar-refractivity contribution in [1.82, 2.24) is 10.4 Å². The summed E-state index contributed by atoms with van der Waals surface area (Å²) in [6.07, 6.45) is 0.556. The van der Waals surface area contributed by atoms with Gasteiger partial charge in [0.1, 0.15) is 0 Å². The lowest BCUT2D eigenvalue weighted by Crippen LogP contribution is -2.53. The molecule has 4 heteroatoms. The Morgan fingerprint density at radius 3 is 2.56 bits per heavy atom. The average Bonchev–Trinajstić information content (AvgIpc) is 1.79. The van der Waals surface area contributed by atoms with Crippen LogP contribution in [0.3, 0.4) is 0 Å². The fourth-order valence-corrected chi connectivity index (χ4v) is 0.623. The van der Waals surface area contributed by atoms with Gasteiger partial charge in [-0.15, -0.1) is 0 Å². The Morgan fingerprint density at radius 2 is 2.44 bits per heavy atom. The van der Waals surface area contributed by atoms with E-state index >= 15 is 0 Å². The predicted octanol–water partition coefficient (Wildman–Crippen LogP) is -0.730. The van der Waals surface area contributed by atoms with Crippen LogP contribution in [0.1, 0.15) is 13.3 Å². The second-order valence-electron chi connectivity index (χ2n) is 1.96. The Morgan fingerprint density at radius 1 is 1.78 bits per heavy atom. The zero-order valence-electron chi connectivity index (χ0n) is 5.18. The van der Waals surface area contributed by atoms with Gasteiger partial charge in [0, 0.05) is 13.3 Å². The van der Waals surface area contributed by atoms with Crippen molar-refractivity contribution in [2.75, 3.05) is 6.54 Å². The van der Waals surface area contributed by atoms with Crippen LogP contribution in [-0.4, -0.2) is 23.4 Å². The van der Waals surface area contributed by atoms with Gasteiger partial charge in [-0.05, 0) is 0 Å². The van der Waals surface area contributed by atoms with E-state index in [1.54, 1.807) is 0 Å². The molecular formula is C5H8N2O2. The number of hydrazine groups is 1. The number of carbonyl (C=O) groups is 2. The van der Waals surface area contributed by atoms with Crippen molar-refractivity contribution in [3.8, 4) is 0 Å². The smallest absolute Gasteiger partial charge is 0.242 e. The number of hydrogen-bond acceptors (Lipinski definition) is 2. The molecule has 1 fully saturated rings. The molecule has 1 aliphatic rings. The monoisotopic (exact) mass is 128 g/mol. The molecule has 1 saturated heterocycles. The largest absolute Gasteiger partial charge is 0.274 e. The summed E-state index contributed by atoms with van der Waals surface area (Å²) in [5, 5.41) is 1.31. The number of nitrogens with zero attached hydrogens (tertiary/aromatic N) is 1. The van der Waals surface area contributed by atoms with Crippen LogP contribution in [-0.2, 0) is 9.59 Å². The molecule has 0 saturated carbocycles. The first-order valence-electron chi connectivity index (χ1n) is 2.78. The first-order chi connectivity index (χ1) is 4.20. The van der Waals surface area contributed by atoms with Crippen molar-refractivity contribution in [3.63, 3.8) is 0 Å². The van der Waals surface area contributed by atoms with E-state index in [1.807, 2.05) is 0 Å². The van der Waals surface area contributed by atoms with E-state index in [4.69, 9.17) is 0 Å². The molecule has 1 aliphatic heterocycles. The summed E-state index contributed by atoms with van der Waals surface area (Å²) in [7, 11) is 0. The predicted molar refractivity (Wildman–Crippen MR) is 30.1 cm³/mol. The summed E-state index contributed by atoms with van der Waals surface area (Å²) >= 11 is 0. The minimum Gasteiger partial charge on any atom is -0.274 e. The van der Waals surface area contributed by atoms with E-state index < -0.39 is 0 Å². The molecule has 1 rings (SSSR count). The molecule has 0 aromatic heterocycles. The molecule has 0 unspecified atom stereocenters. The van der Waals surface area contributed by atoms with Crippen molar-refractivity contribution in [3.05, 3.63) is 0 Å². The second kappa shape index (κ2) is 2.05. The van der Waals surface area contributed by atoms with Crippen LogP contribution in [0.4, 0.5) is 0 Å². The van der Waals surface area contributed by atoms with Crippen molar-refractivity contribution < 1.29 is 9.59 Å². The van der Waals surface area contributed by atoms with Crippen LogP contribution in [0, 0.1) is 0 Å². The maximum atomic E-state index is 10.5. The molecule has 50 valence electrons. The molecule has 1 heterocycles. The normalized spacial score (nSPS) is 17.0. The van der Waals surface area contributed by atoms with E-state index in [0.29, 0.717) is 13.0 Å². The number of hydrogen-bond donors (Lipinski definition) is 1. The van der Waals surface area contributed by atoms with Gasteiger partial charge in [-0.2, -0.15) is 0 Å². The Hall–Kier alpha value is -1.06. The lowest BCUT2D eigenvalue weighted by Gasteiger charge is -2.29. The van der Waals surface area contributed by atoms with Gasteiger partial charge in [-0.1, -0.05) is 0 Å². The van der Waals surface area contributed by atoms with Gasteiger partial charge < -0.3 is 0 Å². The van der Waals surface area contributed by atoms with Crippen LogP contribution in [0.5, 0.6) is 0 Å². The lowest BCUT2D eigenvalue weighted by atomic mass is 10.2. The summed E-state index contributed by atoms with van der Waals surface area (Å²) < 4.78 is 0. The second-order valence-corrected chi connectivity index (χ2v) is 1.96. The maximum Gasteiger partial charge on any atom is 0.242 e. The summed E-state index contributed by atoms with van der Waals surface area (Å²) in [5.74, 6) is -0.201. The lowest BCUT2D eigenvalue weighted by molar-refractivity contribution is -0.149. The molecule has 9 heavy (non-hydrogen) atoms. The number of carbonyl (C=O) groups excluding carboxylic acids is 2. The fraction of sp³-hybridized carbons (Fsp3) is 0.600. The van der Waals surface area contributed by atoms with E-state index in [2.05, 4.69) is 5.43 Å². The molecular weight excluding hydrogens is 120 g/mol. The third-order valence-corrected chi connectivity index (χ3v) is 1.14. The van der Waals surface area contributed by atoms with Crippen molar-refractivity contribution in [2.24, 2.45) is 0 Å². The van der Waals surface area contributed by atoms with Gasteiger partial charge in [0.05, 0.1) is 6.54 Å². The quantitative estimate of drug-likeness (QED) is 0.473. The molecule has 0 aromatic rings. The SMILES string of the molecule is CC(=O)NN1CCC1=O. The highest BCUT2D eigenvalue weighted by molar-refractivity contribution is 5.84. The van der Waals surface area contributed by atoms with Crippen LogP contribution in [0.2, 0.25) is 0 Å². The first kappa shape index (κ1) is 6.07. The molecule has 0 aromatic carbocycles. The molecule has 0 spiro atoms. The van der Waals surface area contributed by atoms with Gasteiger partial charge in [0.15, 0.2) is 0 Å². The number of nitrogens with one attached hydrogen (secondary N) is 1. The topological polar surface area (TPSA) is 49.4 Å². The Labute approximate surface area is 52.8 Å².